The van der Waals surface area contributed by atoms with Crippen molar-refractivity contribution in [2.45, 2.75) is 11.4 Å². The van der Waals surface area contributed by atoms with E-state index in [-0.39, 0.29) is 10.7 Å². The van der Waals surface area contributed by atoms with Gasteiger partial charge >= 0.3 is 5.91 Å². The van der Waals surface area contributed by atoms with Crippen molar-refractivity contribution in [3.8, 4) is 0 Å². The third kappa shape index (κ3) is 3.71. The molecule has 0 fully saturated rings. The molecule has 1 amide bonds. The van der Waals surface area contributed by atoms with Crippen LogP contribution in [-0.4, -0.2) is 32.6 Å². The van der Waals surface area contributed by atoms with Gasteiger partial charge in [-0.3, -0.25) is 4.79 Å². The number of methoxy groups -OCH3 is 1. The maximum Gasteiger partial charge on any atom is 0.315 e. The molecule has 0 atom stereocenters. The van der Waals surface area contributed by atoms with Crippen molar-refractivity contribution in [1.29, 1.82) is 0 Å². The van der Waals surface area contributed by atoms with E-state index in [1.165, 1.54) is 35.8 Å². The summed E-state index contributed by atoms with van der Waals surface area (Å²) in [4.78, 5) is 16.7. The molecule has 132 valence electrons. The molecule has 25 heavy (non-hydrogen) atoms. The largest absolute Gasteiger partial charge is 0.459 e. The first kappa shape index (κ1) is 17.5. The molecule has 0 aliphatic heterocycles. The van der Waals surface area contributed by atoms with Gasteiger partial charge in [0.25, 0.3) is 0 Å². The second-order valence-corrected chi connectivity index (χ2v) is 7.67. The van der Waals surface area contributed by atoms with Crippen LogP contribution in [0.15, 0.2) is 50.9 Å². The summed E-state index contributed by atoms with van der Waals surface area (Å²) in [5, 5.41) is 5.18. The molecular weight excluding hydrogens is 366 g/mol. The Hall–Kier alpha value is -2.27. The molecule has 0 spiro atoms. The Labute approximate surface area is 147 Å². The van der Waals surface area contributed by atoms with Crippen molar-refractivity contribution in [3.63, 3.8) is 0 Å². The van der Waals surface area contributed by atoms with Crippen molar-refractivity contribution < 1.29 is 22.4 Å². The number of hydrogen-bond acceptors (Lipinski definition) is 6. The van der Waals surface area contributed by atoms with E-state index in [4.69, 9.17) is 14.3 Å². The zero-order chi connectivity index (χ0) is 18.0. The Bertz CT molecular complexity index is 1080. The van der Waals surface area contributed by atoms with Gasteiger partial charge in [-0.05, 0) is 30.3 Å². The van der Waals surface area contributed by atoms with E-state index in [0.717, 1.165) is 5.52 Å². The lowest BCUT2D eigenvalue weighted by Crippen LogP contribution is -2.19. The Balaban J connectivity index is 2.17. The normalized spacial score (nSPS) is 12.8. The number of nitrogens with zero attached hydrogens (tertiary/aromatic N) is 2. The summed E-state index contributed by atoms with van der Waals surface area (Å²) < 4.78 is 35.7. The van der Waals surface area contributed by atoms with E-state index in [2.05, 4.69) is 4.99 Å². The molecule has 1 aromatic carbocycles. The molecule has 2 N–H and O–H groups in total. The third-order valence-corrected chi connectivity index (χ3v) is 5.38. The molecule has 0 saturated carbocycles. The first-order valence-electron chi connectivity index (χ1n) is 7.18. The van der Waals surface area contributed by atoms with E-state index in [0.29, 0.717) is 22.7 Å². The number of fused-ring (bicyclic) bond motifs is 1. The Morgan fingerprint density at radius 1 is 1.40 bits per heavy atom. The first-order chi connectivity index (χ1) is 11.9. The lowest BCUT2D eigenvalue weighted by atomic mass is 10.3. The fourth-order valence-electron chi connectivity index (χ4n) is 2.26. The average Bonchev–Trinajstić information content (AvgIpc) is 3.19. The van der Waals surface area contributed by atoms with E-state index in [9.17, 15) is 13.2 Å². The number of thiazole rings is 1. The molecule has 0 radical (unpaired) electrons. The predicted octanol–water partition coefficient (Wildman–Crippen LogP) is 1.33. The minimum absolute atomic E-state index is 0.00375. The summed E-state index contributed by atoms with van der Waals surface area (Å²) in [6.45, 7) is 0.861. The maximum atomic E-state index is 12.2. The molecule has 0 aliphatic carbocycles. The molecule has 3 aromatic rings. The minimum Gasteiger partial charge on any atom is -0.459 e. The van der Waals surface area contributed by atoms with E-state index >= 15 is 0 Å². The van der Waals surface area contributed by atoms with Crippen molar-refractivity contribution in [3.05, 3.63) is 47.2 Å². The van der Waals surface area contributed by atoms with Gasteiger partial charge in [-0.1, -0.05) is 11.3 Å². The van der Waals surface area contributed by atoms with Gasteiger partial charge in [0.05, 0.1) is 28.0 Å². The molecule has 3 rings (SSSR count). The second kappa shape index (κ2) is 6.92. The number of primary sulfonamides is 1. The summed E-state index contributed by atoms with van der Waals surface area (Å²) >= 11 is 1.19. The van der Waals surface area contributed by atoms with Crippen LogP contribution in [-0.2, 0) is 21.3 Å². The topological polar surface area (TPSA) is 117 Å². The number of aromatic nitrogens is 1. The molecule has 0 saturated heterocycles. The molecule has 2 aromatic heterocycles. The Morgan fingerprint density at radius 2 is 2.20 bits per heavy atom. The van der Waals surface area contributed by atoms with Gasteiger partial charge in [-0.25, -0.2) is 13.6 Å². The zero-order valence-electron chi connectivity index (χ0n) is 13.2. The average molecular weight is 381 g/mol. The van der Waals surface area contributed by atoms with Crippen molar-refractivity contribution in [1.82, 2.24) is 4.57 Å². The highest BCUT2D eigenvalue weighted by atomic mass is 32.2. The third-order valence-electron chi connectivity index (χ3n) is 3.43. The van der Waals surface area contributed by atoms with Crippen LogP contribution >= 0.6 is 11.3 Å². The monoisotopic (exact) mass is 381 g/mol. The Kier molecular flexibility index (Phi) is 4.86. The highest BCUT2D eigenvalue weighted by Gasteiger charge is 2.14. The lowest BCUT2D eigenvalue weighted by molar-refractivity contribution is 0.0971. The van der Waals surface area contributed by atoms with Crippen LogP contribution < -0.4 is 9.94 Å². The molecule has 10 heteroatoms. The van der Waals surface area contributed by atoms with Crippen LogP contribution in [0.2, 0.25) is 0 Å². The highest BCUT2D eigenvalue weighted by molar-refractivity contribution is 7.89. The summed E-state index contributed by atoms with van der Waals surface area (Å²) in [5.41, 5.74) is 0.737. The van der Waals surface area contributed by atoms with Crippen molar-refractivity contribution in [2.24, 2.45) is 10.1 Å². The van der Waals surface area contributed by atoms with Gasteiger partial charge in [0.15, 0.2) is 10.6 Å². The minimum atomic E-state index is -3.81. The molecule has 0 bridgehead atoms. The molecule has 2 heterocycles. The number of ether oxygens (including phenoxy) is 1. The van der Waals surface area contributed by atoms with E-state index in [1.807, 2.05) is 0 Å². The number of amides is 1. The molecular formula is C15H15N3O5S2. The van der Waals surface area contributed by atoms with E-state index < -0.39 is 15.9 Å². The predicted molar refractivity (Wildman–Crippen MR) is 91.7 cm³/mol. The summed E-state index contributed by atoms with van der Waals surface area (Å²) in [5.74, 6) is -0.393. The number of benzene rings is 1. The lowest BCUT2D eigenvalue weighted by Gasteiger charge is -2.04. The fourth-order valence-corrected chi connectivity index (χ4v) is 3.96. The molecule has 8 nitrogen and oxygen atoms in total. The van der Waals surface area contributed by atoms with Gasteiger partial charge in [-0.2, -0.15) is 4.99 Å². The first-order valence-corrected chi connectivity index (χ1v) is 9.54. The van der Waals surface area contributed by atoms with Crippen LogP contribution in [0, 0.1) is 0 Å². The quantitative estimate of drug-likeness (QED) is 0.715. The van der Waals surface area contributed by atoms with Crippen LogP contribution in [0.3, 0.4) is 0 Å². The van der Waals surface area contributed by atoms with Crippen LogP contribution in [0.5, 0.6) is 0 Å². The SMILES string of the molecule is COCCn1c(=NC(=O)c2ccco2)sc2cc(S(N)(=O)=O)ccc21. The standard InChI is InChI=1S/C15H15N3O5S2/c1-22-8-6-18-11-5-4-10(25(16,20)21)9-13(11)24-15(18)17-14(19)12-3-2-7-23-12/h2-5,7,9H,6,8H2,1H3,(H2,16,20,21). The van der Waals surface area contributed by atoms with Gasteiger partial charge in [0, 0.05) is 13.7 Å². The smallest absolute Gasteiger partial charge is 0.315 e. The van der Waals surface area contributed by atoms with Crippen LogP contribution in [0.4, 0.5) is 0 Å². The summed E-state index contributed by atoms with van der Waals surface area (Å²) in [7, 11) is -2.24. The fraction of sp³-hybridized carbons (Fsp3) is 0.200. The molecule has 0 aliphatic rings. The number of sulfonamides is 1. The number of carbonyl (C=O) groups excluding carboxylic acids is 1. The summed E-state index contributed by atoms with van der Waals surface area (Å²) in [6, 6.07) is 7.65. The number of nitrogens with two attached hydrogens (primary N) is 1. The number of rotatable bonds is 5. The van der Waals surface area contributed by atoms with Crippen LogP contribution in [0.25, 0.3) is 10.2 Å². The number of furan rings is 1. The van der Waals surface area contributed by atoms with Gasteiger partial charge in [-0.15, -0.1) is 0 Å². The number of carbonyl (C=O) groups is 1. The maximum absolute atomic E-state index is 12.2. The second-order valence-electron chi connectivity index (χ2n) is 5.10. The van der Waals surface area contributed by atoms with Crippen molar-refractivity contribution >= 4 is 37.5 Å². The molecule has 0 unspecified atom stereocenters. The highest BCUT2D eigenvalue weighted by Crippen LogP contribution is 2.21. The van der Waals surface area contributed by atoms with Gasteiger partial charge in [0.1, 0.15) is 0 Å². The van der Waals surface area contributed by atoms with E-state index in [1.54, 1.807) is 23.8 Å². The van der Waals surface area contributed by atoms with Gasteiger partial charge in [0.2, 0.25) is 10.0 Å². The summed E-state index contributed by atoms with van der Waals surface area (Å²) in [6.07, 6.45) is 1.39. The Morgan fingerprint density at radius 3 is 2.84 bits per heavy atom. The van der Waals surface area contributed by atoms with Gasteiger partial charge < -0.3 is 13.7 Å². The van der Waals surface area contributed by atoms with Crippen molar-refractivity contribution in [2.75, 3.05) is 13.7 Å². The number of hydrogen-bond donors (Lipinski definition) is 1. The van der Waals surface area contributed by atoms with Crippen LogP contribution in [0.1, 0.15) is 10.6 Å². The zero-order valence-corrected chi connectivity index (χ0v) is 14.8.